The van der Waals surface area contributed by atoms with Gasteiger partial charge in [-0.25, -0.2) is 0 Å². The Kier molecular flexibility index (Phi) is 3.68. The monoisotopic (exact) mass is 287 g/mol. The Morgan fingerprint density at radius 1 is 1.43 bits per heavy atom. The van der Waals surface area contributed by atoms with Crippen molar-refractivity contribution in [2.45, 2.75) is 38.2 Å². The normalized spacial score (nSPS) is 20.4. The molecule has 1 aromatic carbocycles. The first-order valence-electron chi connectivity index (χ1n) is 7.40. The number of nitrogens with zero attached hydrogens (tertiary/aromatic N) is 2. The molecule has 2 aromatic rings. The molecule has 0 saturated carbocycles. The fraction of sp³-hybridized carbons (Fsp3) is 0.500. The van der Waals surface area contributed by atoms with Crippen molar-refractivity contribution in [1.82, 2.24) is 10.1 Å². The number of nitrogens with one attached hydrogen (secondary N) is 1. The minimum Gasteiger partial charge on any atom is -0.385 e. The van der Waals surface area contributed by atoms with Gasteiger partial charge in [-0.1, -0.05) is 30.3 Å². The maximum atomic E-state index is 5.55. The van der Waals surface area contributed by atoms with E-state index in [2.05, 4.69) is 34.5 Å². The highest BCUT2D eigenvalue weighted by molar-refractivity contribution is 5.56. The van der Waals surface area contributed by atoms with Crippen molar-refractivity contribution in [2.24, 2.45) is 0 Å². The third-order valence-corrected chi connectivity index (χ3v) is 4.42. The Labute approximate surface area is 124 Å². The molecule has 1 aliphatic rings. The van der Waals surface area contributed by atoms with Crippen LogP contribution < -0.4 is 5.32 Å². The van der Waals surface area contributed by atoms with Gasteiger partial charge in [-0.2, -0.15) is 4.98 Å². The number of hydrogen-bond donors (Lipinski definition) is 1. The van der Waals surface area contributed by atoms with E-state index in [-0.39, 0.29) is 5.92 Å². The number of fused-ring (bicyclic) bond motifs is 1. The van der Waals surface area contributed by atoms with Gasteiger partial charge in [-0.3, -0.25) is 0 Å². The summed E-state index contributed by atoms with van der Waals surface area (Å²) in [4.78, 5) is 4.62. The van der Waals surface area contributed by atoms with Crippen LogP contribution in [-0.2, 0) is 10.3 Å². The van der Waals surface area contributed by atoms with Crippen LogP contribution in [0.3, 0.4) is 0 Å². The molecule has 1 aromatic heterocycles. The summed E-state index contributed by atoms with van der Waals surface area (Å²) in [6, 6.07) is 8.28. The molecular weight excluding hydrogens is 266 g/mol. The highest BCUT2D eigenvalue weighted by Crippen LogP contribution is 2.36. The van der Waals surface area contributed by atoms with Gasteiger partial charge in [0.15, 0.2) is 0 Å². The quantitative estimate of drug-likeness (QED) is 0.935. The lowest BCUT2D eigenvalue weighted by Crippen LogP contribution is -2.25. The second-order valence-electron chi connectivity index (χ2n) is 5.60. The average molecular weight is 287 g/mol. The van der Waals surface area contributed by atoms with E-state index < -0.39 is 5.60 Å². The molecule has 2 unspecified atom stereocenters. The first-order chi connectivity index (χ1) is 10.2. The molecule has 1 N–H and O–H groups in total. The minimum atomic E-state index is -0.492. The molecular formula is C16H21N3O2. The van der Waals surface area contributed by atoms with E-state index in [0.29, 0.717) is 11.7 Å². The second kappa shape index (κ2) is 5.48. The summed E-state index contributed by atoms with van der Waals surface area (Å²) in [5.41, 5.74) is 1.88. The highest BCUT2D eigenvalue weighted by atomic mass is 16.5. The van der Waals surface area contributed by atoms with Gasteiger partial charge in [-0.05, 0) is 31.4 Å². The summed E-state index contributed by atoms with van der Waals surface area (Å²) >= 11 is 0. The molecule has 5 heteroatoms. The predicted octanol–water partition coefficient (Wildman–Crippen LogP) is 3.29. The lowest BCUT2D eigenvalue weighted by Gasteiger charge is -2.24. The van der Waals surface area contributed by atoms with E-state index in [1.807, 2.05) is 19.1 Å². The van der Waals surface area contributed by atoms with E-state index >= 15 is 0 Å². The molecule has 2 atom stereocenters. The Morgan fingerprint density at radius 3 is 3.00 bits per heavy atom. The van der Waals surface area contributed by atoms with Gasteiger partial charge in [-0.15, -0.1) is 0 Å². The minimum absolute atomic E-state index is 0.154. The van der Waals surface area contributed by atoms with Crippen molar-refractivity contribution >= 4 is 5.69 Å². The van der Waals surface area contributed by atoms with Crippen LogP contribution >= 0.6 is 0 Å². The van der Waals surface area contributed by atoms with Gasteiger partial charge in [0, 0.05) is 19.3 Å². The molecule has 0 amide bonds. The maximum absolute atomic E-state index is 5.55. The van der Waals surface area contributed by atoms with E-state index in [1.54, 1.807) is 7.11 Å². The van der Waals surface area contributed by atoms with E-state index in [4.69, 9.17) is 9.26 Å². The number of hydrogen-bond acceptors (Lipinski definition) is 5. The van der Waals surface area contributed by atoms with Crippen LogP contribution in [-0.4, -0.2) is 23.8 Å². The van der Waals surface area contributed by atoms with Gasteiger partial charge >= 0.3 is 0 Å². The fourth-order valence-corrected chi connectivity index (χ4v) is 2.71. The molecule has 5 nitrogen and oxygen atoms in total. The van der Waals surface area contributed by atoms with Crippen LogP contribution in [0.2, 0.25) is 0 Å². The number of ether oxygens (including phenoxy) is 1. The van der Waals surface area contributed by atoms with Gasteiger partial charge in [0.1, 0.15) is 5.60 Å². The summed E-state index contributed by atoms with van der Waals surface area (Å²) in [5, 5.41) is 7.55. The topological polar surface area (TPSA) is 60.2 Å². The van der Waals surface area contributed by atoms with Crippen LogP contribution in [0, 0.1) is 0 Å². The lowest BCUT2D eigenvalue weighted by molar-refractivity contribution is -0.0106. The van der Waals surface area contributed by atoms with E-state index in [9.17, 15) is 0 Å². The Hall–Kier alpha value is -1.88. The standard InChI is InChI=1S/C16H21N3O2/c1-4-16(2,20-3)15-18-14(21-19-15)12-9-10-17-13-8-6-5-7-11(12)13/h5-8,12,17H,4,9-10H2,1-3H3. The second-order valence-corrected chi connectivity index (χ2v) is 5.60. The zero-order chi connectivity index (χ0) is 14.9. The van der Waals surface area contributed by atoms with Crippen LogP contribution in [0.15, 0.2) is 28.8 Å². The molecule has 0 fully saturated rings. The molecule has 112 valence electrons. The van der Waals surface area contributed by atoms with Crippen molar-refractivity contribution in [2.75, 3.05) is 19.0 Å². The summed E-state index contributed by atoms with van der Waals surface area (Å²) in [6.07, 6.45) is 1.75. The largest absolute Gasteiger partial charge is 0.385 e. The van der Waals surface area contributed by atoms with Crippen molar-refractivity contribution in [3.05, 3.63) is 41.5 Å². The SMILES string of the molecule is CCC(C)(OC)c1noc(C2CCNc3ccccc32)n1. The van der Waals surface area contributed by atoms with Crippen molar-refractivity contribution in [1.29, 1.82) is 0 Å². The Balaban J connectivity index is 1.95. The zero-order valence-electron chi connectivity index (χ0n) is 12.7. The van der Waals surface area contributed by atoms with Gasteiger partial charge in [0.2, 0.25) is 11.7 Å². The fourth-order valence-electron chi connectivity index (χ4n) is 2.71. The average Bonchev–Trinajstić information content (AvgIpc) is 3.04. The molecule has 0 aliphatic carbocycles. The van der Waals surface area contributed by atoms with Crippen molar-refractivity contribution < 1.29 is 9.26 Å². The smallest absolute Gasteiger partial charge is 0.234 e. The first kappa shape index (κ1) is 14.1. The maximum Gasteiger partial charge on any atom is 0.234 e. The van der Waals surface area contributed by atoms with Gasteiger partial charge in [0.05, 0.1) is 5.92 Å². The van der Waals surface area contributed by atoms with Crippen LogP contribution in [0.5, 0.6) is 0 Å². The summed E-state index contributed by atoms with van der Waals surface area (Å²) in [5.74, 6) is 1.45. The number of anilines is 1. The van der Waals surface area contributed by atoms with Crippen LogP contribution in [0.4, 0.5) is 5.69 Å². The number of para-hydroxylation sites is 1. The molecule has 0 radical (unpaired) electrons. The summed E-state index contributed by atoms with van der Waals surface area (Å²) in [7, 11) is 1.68. The molecule has 3 rings (SSSR count). The van der Waals surface area contributed by atoms with Crippen molar-refractivity contribution in [3.63, 3.8) is 0 Å². The molecule has 0 spiro atoms. The van der Waals surface area contributed by atoms with E-state index in [1.165, 1.54) is 5.56 Å². The van der Waals surface area contributed by atoms with Gasteiger partial charge in [0.25, 0.3) is 0 Å². The van der Waals surface area contributed by atoms with Gasteiger partial charge < -0.3 is 14.6 Å². The predicted molar refractivity (Wildman–Crippen MR) is 80.3 cm³/mol. The van der Waals surface area contributed by atoms with Crippen LogP contribution in [0.25, 0.3) is 0 Å². The first-order valence-corrected chi connectivity index (χ1v) is 7.40. The molecule has 0 saturated heterocycles. The van der Waals surface area contributed by atoms with Crippen molar-refractivity contribution in [3.8, 4) is 0 Å². The number of aromatic nitrogens is 2. The lowest BCUT2D eigenvalue weighted by atomic mass is 9.91. The number of rotatable bonds is 4. The highest BCUT2D eigenvalue weighted by Gasteiger charge is 2.33. The number of benzene rings is 1. The Morgan fingerprint density at radius 2 is 2.24 bits per heavy atom. The van der Waals surface area contributed by atoms with E-state index in [0.717, 1.165) is 25.1 Å². The Bertz CT molecular complexity index is 619. The molecule has 21 heavy (non-hydrogen) atoms. The van der Waals surface area contributed by atoms with Crippen LogP contribution in [0.1, 0.15) is 49.9 Å². The third kappa shape index (κ3) is 2.42. The zero-order valence-corrected chi connectivity index (χ0v) is 12.7. The third-order valence-electron chi connectivity index (χ3n) is 4.42. The molecule has 0 bridgehead atoms. The number of methoxy groups -OCH3 is 1. The molecule has 2 heterocycles. The summed E-state index contributed by atoms with van der Waals surface area (Å²) in [6.45, 7) is 4.95. The molecule has 1 aliphatic heterocycles. The summed E-state index contributed by atoms with van der Waals surface area (Å²) < 4.78 is 11.1.